The lowest BCUT2D eigenvalue weighted by atomic mass is 10.2. The van der Waals surface area contributed by atoms with Gasteiger partial charge in [-0.3, -0.25) is 14.3 Å². The molecule has 2 aromatic heterocycles. The summed E-state index contributed by atoms with van der Waals surface area (Å²) in [6.07, 6.45) is 6.74. The molecule has 9 nitrogen and oxygen atoms in total. The molecule has 0 atom stereocenters. The summed E-state index contributed by atoms with van der Waals surface area (Å²) in [5.41, 5.74) is 4.54. The summed E-state index contributed by atoms with van der Waals surface area (Å²) >= 11 is 0. The van der Waals surface area contributed by atoms with Crippen LogP contribution in [0.1, 0.15) is 24.1 Å². The third-order valence-corrected chi connectivity index (χ3v) is 7.09. The molecule has 0 saturated heterocycles. The van der Waals surface area contributed by atoms with Crippen LogP contribution < -0.4 is 10.3 Å². The molecule has 6 rings (SSSR count). The van der Waals surface area contributed by atoms with E-state index in [1.807, 2.05) is 42.5 Å². The Bertz CT molecular complexity index is 1580. The van der Waals surface area contributed by atoms with Gasteiger partial charge >= 0.3 is 11.9 Å². The minimum absolute atomic E-state index is 0.0873. The summed E-state index contributed by atoms with van der Waals surface area (Å²) in [4.78, 5) is 34.6. The van der Waals surface area contributed by atoms with Crippen LogP contribution >= 0.6 is 0 Å². The van der Waals surface area contributed by atoms with Gasteiger partial charge in [0.05, 0.1) is 0 Å². The molecule has 0 unspecified atom stereocenters. The largest absolute Gasteiger partial charge is 0.489 e. The van der Waals surface area contributed by atoms with E-state index in [-0.39, 0.29) is 5.56 Å². The SMILES string of the molecule is O=C(O)/C=C\C(=O)O.O=c1cc(OCc2ccccc2)ccn1-c1ccc2c(c1)cc1n2CCN(C2CC2)CC1. The lowest BCUT2D eigenvalue weighted by Gasteiger charge is -2.18. The molecule has 2 N–H and O–H groups in total. The minimum Gasteiger partial charge on any atom is -0.489 e. The van der Waals surface area contributed by atoms with E-state index in [9.17, 15) is 14.4 Å². The maximum Gasteiger partial charge on any atom is 0.328 e. The molecule has 9 heteroatoms. The fourth-order valence-electron chi connectivity index (χ4n) is 4.99. The first-order valence-corrected chi connectivity index (χ1v) is 13.3. The van der Waals surface area contributed by atoms with Crippen molar-refractivity contribution < 1.29 is 24.5 Å². The van der Waals surface area contributed by atoms with Gasteiger partial charge in [0.15, 0.2) is 0 Å². The van der Waals surface area contributed by atoms with E-state index in [1.165, 1.54) is 29.4 Å². The molecule has 0 amide bonds. The maximum atomic E-state index is 12.8. The number of carboxylic acid groups (broad SMARTS) is 2. The van der Waals surface area contributed by atoms with Crippen LogP contribution in [-0.4, -0.2) is 55.3 Å². The van der Waals surface area contributed by atoms with E-state index in [4.69, 9.17) is 14.9 Å². The summed E-state index contributed by atoms with van der Waals surface area (Å²) in [5.74, 6) is -1.92. The van der Waals surface area contributed by atoms with Gasteiger partial charge in [-0.2, -0.15) is 0 Å². The Morgan fingerprint density at radius 3 is 2.33 bits per heavy atom. The normalized spacial score (nSPS) is 15.2. The van der Waals surface area contributed by atoms with Crippen LogP contribution in [0.25, 0.3) is 16.6 Å². The second-order valence-electron chi connectivity index (χ2n) is 9.90. The van der Waals surface area contributed by atoms with Crippen LogP contribution in [0.3, 0.4) is 0 Å². The topological polar surface area (TPSA) is 114 Å². The Balaban J connectivity index is 0.000000355. The monoisotopic (exact) mass is 541 g/mol. The lowest BCUT2D eigenvalue weighted by molar-refractivity contribution is -0.134. The van der Waals surface area contributed by atoms with Crippen LogP contribution in [0, 0.1) is 0 Å². The average Bonchev–Trinajstić information content (AvgIpc) is 3.76. The van der Waals surface area contributed by atoms with E-state index in [0.717, 1.165) is 43.3 Å². The zero-order valence-electron chi connectivity index (χ0n) is 22.0. The van der Waals surface area contributed by atoms with Gasteiger partial charge in [-0.05, 0) is 48.7 Å². The van der Waals surface area contributed by atoms with Crippen molar-refractivity contribution in [1.29, 1.82) is 0 Å². The summed E-state index contributed by atoms with van der Waals surface area (Å²) in [7, 11) is 0. The molecule has 1 aliphatic carbocycles. The van der Waals surface area contributed by atoms with Crippen molar-refractivity contribution in [1.82, 2.24) is 14.0 Å². The van der Waals surface area contributed by atoms with E-state index < -0.39 is 11.9 Å². The van der Waals surface area contributed by atoms with Crippen LogP contribution in [0.2, 0.25) is 0 Å². The van der Waals surface area contributed by atoms with Crippen molar-refractivity contribution in [3.63, 3.8) is 0 Å². The molecule has 2 aliphatic rings. The maximum absolute atomic E-state index is 12.8. The second kappa shape index (κ2) is 12.0. The minimum atomic E-state index is -1.26. The summed E-state index contributed by atoms with van der Waals surface area (Å²) in [5, 5.41) is 16.8. The Kier molecular flexibility index (Phi) is 8.12. The van der Waals surface area contributed by atoms with Crippen molar-refractivity contribution in [3.8, 4) is 11.4 Å². The second-order valence-corrected chi connectivity index (χ2v) is 9.90. The highest BCUT2D eigenvalue weighted by Crippen LogP contribution is 2.30. The molecule has 3 heterocycles. The van der Waals surface area contributed by atoms with E-state index in [1.54, 1.807) is 16.8 Å². The Labute approximate surface area is 231 Å². The molecule has 206 valence electrons. The first-order chi connectivity index (χ1) is 19.4. The van der Waals surface area contributed by atoms with E-state index in [2.05, 4.69) is 27.7 Å². The highest BCUT2D eigenvalue weighted by Gasteiger charge is 2.30. The predicted octanol–water partition coefficient (Wildman–Crippen LogP) is 4.10. The zero-order chi connectivity index (χ0) is 28.1. The number of benzene rings is 2. The number of fused-ring (bicyclic) bond motifs is 3. The molecule has 1 saturated carbocycles. The number of aliphatic carboxylic acids is 2. The molecule has 0 radical (unpaired) electrons. The molecule has 0 spiro atoms. The van der Waals surface area contributed by atoms with Crippen molar-refractivity contribution >= 4 is 22.8 Å². The number of carboxylic acids is 2. The molecule has 1 fully saturated rings. The van der Waals surface area contributed by atoms with Crippen LogP contribution in [0.15, 0.2) is 89.9 Å². The Morgan fingerprint density at radius 1 is 0.900 bits per heavy atom. The molecular weight excluding hydrogens is 510 g/mol. The van der Waals surface area contributed by atoms with Crippen molar-refractivity contribution in [3.05, 3.63) is 107 Å². The molecule has 2 aromatic carbocycles. The molecule has 1 aliphatic heterocycles. The van der Waals surface area contributed by atoms with Crippen LogP contribution in [0.5, 0.6) is 5.75 Å². The summed E-state index contributed by atoms with van der Waals surface area (Å²) < 4.78 is 9.96. The number of hydrogen-bond donors (Lipinski definition) is 2. The number of rotatable bonds is 7. The molecule has 40 heavy (non-hydrogen) atoms. The Hall–Kier alpha value is -4.63. The smallest absolute Gasteiger partial charge is 0.328 e. The highest BCUT2D eigenvalue weighted by molar-refractivity contribution is 5.89. The number of hydrogen-bond acceptors (Lipinski definition) is 5. The summed E-state index contributed by atoms with van der Waals surface area (Å²) in [6.45, 7) is 3.78. The van der Waals surface area contributed by atoms with Gasteiger partial charge in [0.25, 0.3) is 5.56 Å². The van der Waals surface area contributed by atoms with Gasteiger partial charge in [-0.25, -0.2) is 9.59 Å². The third-order valence-electron chi connectivity index (χ3n) is 7.09. The number of pyridine rings is 1. The fraction of sp³-hybridized carbons (Fsp3) is 0.258. The zero-order valence-corrected chi connectivity index (χ0v) is 22.0. The number of carbonyl (C=O) groups is 2. The first-order valence-electron chi connectivity index (χ1n) is 13.3. The van der Waals surface area contributed by atoms with E-state index in [0.29, 0.717) is 24.5 Å². The number of nitrogens with zero attached hydrogens (tertiary/aromatic N) is 3. The molecule has 0 bridgehead atoms. The lowest BCUT2D eigenvalue weighted by Crippen LogP contribution is -2.29. The highest BCUT2D eigenvalue weighted by atomic mass is 16.5. The quantitative estimate of drug-likeness (QED) is 0.339. The average molecular weight is 542 g/mol. The Morgan fingerprint density at radius 2 is 1.65 bits per heavy atom. The third kappa shape index (κ3) is 6.68. The summed E-state index contributed by atoms with van der Waals surface area (Å²) in [6, 6.07) is 22.9. The number of aromatic nitrogens is 2. The van der Waals surface area contributed by atoms with Gasteiger partial charge in [0.1, 0.15) is 12.4 Å². The van der Waals surface area contributed by atoms with Gasteiger partial charge in [0.2, 0.25) is 0 Å². The van der Waals surface area contributed by atoms with E-state index >= 15 is 0 Å². The van der Waals surface area contributed by atoms with Crippen molar-refractivity contribution in [2.75, 3.05) is 13.1 Å². The number of ether oxygens (including phenoxy) is 1. The molecule has 4 aromatic rings. The van der Waals surface area contributed by atoms with Crippen molar-refractivity contribution in [2.45, 2.75) is 38.5 Å². The van der Waals surface area contributed by atoms with Crippen LogP contribution in [0.4, 0.5) is 0 Å². The van der Waals surface area contributed by atoms with Gasteiger partial charge < -0.3 is 19.5 Å². The van der Waals surface area contributed by atoms with Gasteiger partial charge in [-0.1, -0.05) is 30.3 Å². The van der Waals surface area contributed by atoms with Gasteiger partial charge in [0, 0.05) is 78.8 Å². The first kappa shape index (κ1) is 27.0. The standard InChI is InChI=1S/C27H27N3O2.C4H4O4/c31-27-18-25(32-19-20-4-2-1-3-5-20)11-13-30(27)23-8-9-26-21(16-23)17-24-10-12-28(22-6-7-22)14-15-29(24)26;5-3(6)1-2-4(7)8/h1-5,8-9,11,13,16-18,22H,6-7,10,12,14-15,19H2;1-2H,(H,5,6)(H,7,8)/b;2-1-. The predicted molar refractivity (Wildman–Crippen MR) is 151 cm³/mol. The van der Waals surface area contributed by atoms with Crippen LogP contribution in [-0.2, 0) is 29.2 Å². The molecular formula is C31H31N3O6. The van der Waals surface area contributed by atoms with Gasteiger partial charge in [-0.15, -0.1) is 0 Å². The van der Waals surface area contributed by atoms with Crippen molar-refractivity contribution in [2.24, 2.45) is 0 Å². The fourth-order valence-corrected chi connectivity index (χ4v) is 4.99.